The van der Waals surface area contributed by atoms with Crippen LogP contribution in [0.3, 0.4) is 0 Å². The van der Waals surface area contributed by atoms with Gasteiger partial charge in [0, 0.05) is 77.7 Å². The Kier molecular flexibility index (Phi) is 213. The lowest BCUT2D eigenvalue weighted by atomic mass is 10.8. The molecule has 6 N–H and O–H groups in total. The lowest BCUT2D eigenvalue weighted by Crippen LogP contribution is -1.96. The summed E-state index contributed by atoms with van der Waals surface area (Å²) in [5.41, 5.74) is 0. The van der Waals surface area contributed by atoms with Gasteiger partial charge in [-0.3, -0.25) is 4.21 Å². The van der Waals surface area contributed by atoms with E-state index in [4.69, 9.17) is 30.6 Å². The number of methoxy groups -OCH3 is 2. The fourth-order valence-electron chi connectivity index (χ4n) is 0.167. The Balaban J connectivity index is -0.0000000261. The highest BCUT2D eigenvalue weighted by Gasteiger charge is 1.73. The summed E-state index contributed by atoms with van der Waals surface area (Å²) in [6, 6.07) is 0. The van der Waals surface area contributed by atoms with Crippen molar-refractivity contribution in [1.82, 2.24) is 0 Å². The van der Waals surface area contributed by atoms with E-state index >= 15 is 0 Å². The topological polar surface area (TPSA) is 157 Å². The maximum atomic E-state index is 9.56. The summed E-state index contributed by atoms with van der Waals surface area (Å²) in [6.45, 7) is 11.0. The highest BCUT2D eigenvalue weighted by Crippen LogP contribution is 1.65. The molecule has 0 spiro atoms. The first kappa shape index (κ1) is 50.5. The molecule has 0 saturated heterocycles. The quantitative estimate of drug-likeness (QED) is 0.336. The monoisotopic (exact) mass is 430 g/mol. The number of aliphatic hydroxyl groups is 6. The van der Waals surface area contributed by atoms with Crippen LogP contribution in [0.1, 0.15) is 34.6 Å². The fraction of sp³-hybridized carbons (Fsp3) is 1.00. The second kappa shape index (κ2) is 114. The predicted molar refractivity (Wildman–Crippen MR) is 116 cm³/mol. The van der Waals surface area contributed by atoms with E-state index in [0.717, 1.165) is 7.11 Å². The molecule has 0 fully saturated rings. The summed E-state index contributed by atoms with van der Waals surface area (Å²) in [4.78, 5) is 0. The summed E-state index contributed by atoms with van der Waals surface area (Å²) in [7, 11) is 3.69. The summed E-state index contributed by atoms with van der Waals surface area (Å²) < 4.78 is 18.9. The Morgan fingerprint density at radius 2 is 0.667 bits per heavy atom. The molecule has 0 heterocycles. The first-order chi connectivity index (χ1) is 12.7. The van der Waals surface area contributed by atoms with Crippen LogP contribution in [0, 0.1) is 0 Å². The van der Waals surface area contributed by atoms with Gasteiger partial charge in [-0.05, 0) is 34.6 Å². The van der Waals surface area contributed by atoms with Gasteiger partial charge in [-0.25, -0.2) is 0 Å². The lowest BCUT2D eigenvalue weighted by molar-refractivity contribution is 0.103. The summed E-state index contributed by atoms with van der Waals surface area (Å²) in [5, 5.41) is 44.8. The predicted octanol–water partition coefficient (Wildman–Crippen LogP) is -0.125. The van der Waals surface area contributed by atoms with Crippen molar-refractivity contribution in [3.8, 4) is 0 Å². The van der Waals surface area contributed by atoms with E-state index in [0.29, 0.717) is 13.2 Å². The molecule has 0 saturated carbocycles. The van der Waals surface area contributed by atoms with Crippen LogP contribution in [0.25, 0.3) is 0 Å². The number of aliphatic hydroxyl groups excluding tert-OH is 6. The Morgan fingerprint density at radius 3 is 0.704 bits per heavy atom. The normalized spacial score (nSPS) is 6.85. The molecule has 27 heavy (non-hydrogen) atoms. The van der Waals surface area contributed by atoms with Crippen molar-refractivity contribution >= 4 is 10.8 Å². The van der Waals surface area contributed by atoms with Gasteiger partial charge in [0.1, 0.15) is 0 Å². The second-order valence-electron chi connectivity index (χ2n) is 3.31. The number of hydrogen-bond acceptors (Lipinski definition) is 9. The molecule has 0 aliphatic rings. The molecule has 10 heteroatoms. The molecule has 0 radical (unpaired) electrons. The molecule has 0 aromatic rings. The molecular weight excluding hydrogens is 380 g/mol. The molecule has 0 atom stereocenters. The Labute approximate surface area is 170 Å². The summed E-state index contributed by atoms with van der Waals surface area (Å²) in [6.07, 6.45) is 3.28. The van der Waals surface area contributed by atoms with Crippen molar-refractivity contribution in [2.45, 2.75) is 34.6 Å². The van der Waals surface area contributed by atoms with Crippen molar-refractivity contribution in [3.63, 3.8) is 0 Å². The second-order valence-corrected chi connectivity index (χ2v) is 4.79. The van der Waals surface area contributed by atoms with Gasteiger partial charge in [-0.1, -0.05) is 0 Å². The Hall–Kier alpha value is -0.170. The zero-order valence-corrected chi connectivity index (χ0v) is 20.1. The molecule has 0 amide bonds. The van der Waals surface area contributed by atoms with Gasteiger partial charge in [0.15, 0.2) is 0 Å². The van der Waals surface area contributed by atoms with Crippen molar-refractivity contribution in [1.29, 1.82) is 0 Å². The van der Waals surface area contributed by atoms with Gasteiger partial charge in [0.05, 0.1) is 13.2 Å². The van der Waals surface area contributed by atoms with Crippen LogP contribution in [-0.4, -0.2) is 115 Å². The lowest BCUT2D eigenvalue weighted by Gasteiger charge is -1.91. The fourth-order valence-corrected chi connectivity index (χ4v) is 0.167. The maximum absolute atomic E-state index is 9.56. The van der Waals surface area contributed by atoms with E-state index < -0.39 is 10.8 Å². The minimum absolute atomic E-state index is 0.250. The minimum atomic E-state index is -0.611. The molecule has 178 valence electrons. The Morgan fingerprint density at radius 1 is 0.593 bits per heavy atom. The van der Waals surface area contributed by atoms with E-state index in [2.05, 4.69) is 9.47 Å². The average Bonchev–Trinajstić information content (AvgIpc) is 2.58. The van der Waals surface area contributed by atoms with Gasteiger partial charge < -0.3 is 40.1 Å². The molecule has 0 aliphatic carbocycles. The number of ether oxygens (including phenoxy) is 2. The van der Waals surface area contributed by atoms with Crippen molar-refractivity contribution in [2.24, 2.45) is 0 Å². The van der Waals surface area contributed by atoms with E-state index in [1.807, 2.05) is 0 Å². The van der Waals surface area contributed by atoms with Crippen LogP contribution >= 0.6 is 0 Å². The van der Waals surface area contributed by atoms with Gasteiger partial charge >= 0.3 is 0 Å². The van der Waals surface area contributed by atoms with E-state index in [1.54, 1.807) is 61.3 Å². The van der Waals surface area contributed by atoms with Crippen molar-refractivity contribution in [3.05, 3.63) is 0 Å². The van der Waals surface area contributed by atoms with Crippen LogP contribution < -0.4 is 0 Å². The minimum Gasteiger partial charge on any atom is -0.400 e. The highest BCUT2D eigenvalue weighted by molar-refractivity contribution is 7.83. The van der Waals surface area contributed by atoms with Crippen LogP contribution in [0.2, 0.25) is 0 Å². The van der Waals surface area contributed by atoms with E-state index in [-0.39, 0.29) is 33.0 Å². The zero-order chi connectivity index (χ0) is 23.9. The van der Waals surface area contributed by atoms with Gasteiger partial charge in [0.2, 0.25) is 0 Å². The van der Waals surface area contributed by atoms with Crippen LogP contribution in [0.5, 0.6) is 0 Å². The average molecular weight is 431 g/mol. The van der Waals surface area contributed by atoms with Gasteiger partial charge in [0.25, 0.3) is 0 Å². The smallest absolute Gasteiger partial charge is 0.0696 e. The molecule has 0 unspecified atom stereocenters. The third-order valence-corrected chi connectivity index (χ3v) is 0.492. The molecule has 9 nitrogen and oxygen atoms in total. The Bertz CT molecular complexity index is 124. The first-order valence-corrected chi connectivity index (χ1v) is 10.4. The highest BCUT2D eigenvalue weighted by atomic mass is 32.2. The van der Waals surface area contributed by atoms with Gasteiger partial charge in [-0.2, -0.15) is 0 Å². The van der Waals surface area contributed by atoms with Gasteiger partial charge in [-0.15, -0.1) is 0 Å². The first-order valence-electron chi connectivity index (χ1n) is 8.44. The van der Waals surface area contributed by atoms with Crippen LogP contribution in [0.4, 0.5) is 0 Å². The number of rotatable bonds is 3. The molecule has 0 aromatic heterocycles. The molecular formula is C17H50O9S. The zero-order valence-electron chi connectivity index (χ0n) is 19.3. The molecule has 0 aliphatic heterocycles. The van der Waals surface area contributed by atoms with Crippen molar-refractivity contribution in [2.75, 3.05) is 80.1 Å². The maximum Gasteiger partial charge on any atom is 0.0696 e. The van der Waals surface area contributed by atoms with Crippen molar-refractivity contribution < 1.29 is 44.3 Å². The third-order valence-electron chi connectivity index (χ3n) is 0.492. The van der Waals surface area contributed by atoms with Crippen LogP contribution in [0.15, 0.2) is 0 Å². The number of hydrogen-bond donors (Lipinski definition) is 6. The molecule has 0 rings (SSSR count). The standard InChI is InChI=1S/C4H10O2.C2H6OS.5C2H6O.CH4O/c1-5-3-4-6-2;1-4(2)3;5*1-2-3;1-2/h3-4H2,1-2H3;1-2H3;5*3H,2H2,1H3;2H,1H3. The summed E-state index contributed by atoms with van der Waals surface area (Å²) in [5.74, 6) is 0. The van der Waals surface area contributed by atoms with E-state index in [9.17, 15) is 4.21 Å². The van der Waals surface area contributed by atoms with E-state index in [1.165, 1.54) is 0 Å². The molecule has 0 aromatic carbocycles. The SMILES string of the molecule is CCO.CCO.CCO.CCO.CCO.CO.COCCOC.CS(C)=O. The third kappa shape index (κ3) is 1830. The van der Waals surface area contributed by atoms with Crippen LogP contribution in [-0.2, 0) is 20.3 Å². The summed E-state index contributed by atoms with van der Waals surface area (Å²) >= 11 is 0. The largest absolute Gasteiger partial charge is 0.400 e. The molecule has 0 bridgehead atoms.